The molecule has 0 aliphatic carbocycles. The van der Waals surface area contributed by atoms with Crippen LogP contribution in [0.3, 0.4) is 0 Å². The van der Waals surface area contributed by atoms with Crippen molar-refractivity contribution >= 4 is 5.91 Å². The molecule has 0 radical (unpaired) electrons. The van der Waals surface area contributed by atoms with Crippen LogP contribution in [0.5, 0.6) is 0 Å². The second-order valence-corrected chi connectivity index (χ2v) is 5.76. The average molecular weight is 316 g/mol. The van der Waals surface area contributed by atoms with Gasteiger partial charge in [-0.1, -0.05) is 18.2 Å². The number of carbonyl (C=O) groups is 1. The van der Waals surface area contributed by atoms with E-state index in [2.05, 4.69) is 5.32 Å². The van der Waals surface area contributed by atoms with Crippen molar-refractivity contribution in [2.45, 2.75) is 12.5 Å². The maximum absolute atomic E-state index is 14.4. The zero-order valence-electron chi connectivity index (χ0n) is 12.9. The first-order valence-corrected chi connectivity index (χ1v) is 7.59. The molecular formula is C18H18F2N2O. The highest BCUT2D eigenvalue weighted by Crippen LogP contribution is 2.23. The number of rotatable bonds is 3. The lowest BCUT2D eigenvalue weighted by molar-refractivity contribution is 0.0739. The molecular weight excluding hydrogens is 298 g/mol. The second-order valence-electron chi connectivity index (χ2n) is 5.76. The Morgan fingerprint density at radius 2 is 1.83 bits per heavy atom. The molecule has 1 atom stereocenters. The van der Waals surface area contributed by atoms with Gasteiger partial charge in [0.05, 0.1) is 5.56 Å². The van der Waals surface area contributed by atoms with E-state index < -0.39 is 5.82 Å². The molecule has 0 spiro atoms. The standard InChI is InChI=1S/C18H18F2N2O/c1-22(15-8-9-21-11-15)18(23)16-7-4-13(10-17(16)20)12-2-5-14(19)6-3-12/h2-7,10,15,21H,8-9,11H2,1H3. The molecule has 1 fully saturated rings. The molecule has 0 aromatic heterocycles. The van der Waals surface area contributed by atoms with Crippen LogP contribution in [0, 0.1) is 11.6 Å². The summed E-state index contributed by atoms with van der Waals surface area (Å²) in [6, 6.07) is 10.4. The molecule has 2 aromatic rings. The van der Waals surface area contributed by atoms with Gasteiger partial charge < -0.3 is 10.2 Å². The number of hydrogen-bond donors (Lipinski definition) is 1. The summed E-state index contributed by atoms with van der Waals surface area (Å²) in [6.45, 7) is 1.60. The summed E-state index contributed by atoms with van der Waals surface area (Å²) < 4.78 is 27.3. The summed E-state index contributed by atoms with van der Waals surface area (Å²) >= 11 is 0. The molecule has 0 saturated carbocycles. The Labute approximate surface area is 133 Å². The van der Waals surface area contributed by atoms with E-state index >= 15 is 0 Å². The third kappa shape index (κ3) is 3.24. The summed E-state index contributed by atoms with van der Waals surface area (Å²) in [7, 11) is 1.70. The lowest BCUT2D eigenvalue weighted by Crippen LogP contribution is -2.38. The highest BCUT2D eigenvalue weighted by atomic mass is 19.1. The van der Waals surface area contributed by atoms with E-state index in [0.29, 0.717) is 11.1 Å². The molecule has 5 heteroatoms. The van der Waals surface area contributed by atoms with Crippen molar-refractivity contribution in [3.63, 3.8) is 0 Å². The monoisotopic (exact) mass is 316 g/mol. The molecule has 1 aliphatic rings. The number of amides is 1. The Kier molecular flexibility index (Phi) is 4.39. The van der Waals surface area contributed by atoms with Gasteiger partial charge in [-0.2, -0.15) is 0 Å². The van der Waals surface area contributed by atoms with Gasteiger partial charge in [-0.25, -0.2) is 8.78 Å². The summed E-state index contributed by atoms with van der Waals surface area (Å²) in [5.41, 5.74) is 1.38. The van der Waals surface area contributed by atoms with Crippen molar-refractivity contribution < 1.29 is 13.6 Å². The number of halogens is 2. The van der Waals surface area contributed by atoms with Crippen LogP contribution in [0.1, 0.15) is 16.8 Å². The van der Waals surface area contributed by atoms with Gasteiger partial charge in [0, 0.05) is 19.6 Å². The van der Waals surface area contributed by atoms with E-state index in [-0.39, 0.29) is 23.3 Å². The van der Waals surface area contributed by atoms with Crippen molar-refractivity contribution in [3.8, 4) is 11.1 Å². The molecule has 23 heavy (non-hydrogen) atoms. The van der Waals surface area contributed by atoms with Crippen molar-refractivity contribution in [3.05, 3.63) is 59.7 Å². The molecule has 3 rings (SSSR count). The third-order valence-corrected chi connectivity index (χ3v) is 4.28. The van der Waals surface area contributed by atoms with Crippen molar-refractivity contribution in [1.29, 1.82) is 0 Å². The molecule has 1 unspecified atom stereocenters. The first-order chi connectivity index (χ1) is 11.1. The summed E-state index contributed by atoms with van der Waals surface area (Å²) in [6.07, 6.45) is 0.873. The van der Waals surface area contributed by atoms with Crippen molar-refractivity contribution in [2.24, 2.45) is 0 Å². The van der Waals surface area contributed by atoms with Crippen molar-refractivity contribution in [2.75, 3.05) is 20.1 Å². The largest absolute Gasteiger partial charge is 0.337 e. The fraction of sp³-hybridized carbons (Fsp3) is 0.278. The van der Waals surface area contributed by atoms with Crippen LogP contribution in [0.25, 0.3) is 11.1 Å². The van der Waals surface area contributed by atoms with Crippen LogP contribution in [0.4, 0.5) is 8.78 Å². The van der Waals surface area contributed by atoms with Crippen LogP contribution in [0.2, 0.25) is 0 Å². The van der Waals surface area contributed by atoms with E-state index in [1.165, 1.54) is 24.3 Å². The van der Waals surface area contributed by atoms with E-state index in [4.69, 9.17) is 0 Å². The van der Waals surface area contributed by atoms with Gasteiger partial charge in [-0.3, -0.25) is 4.79 Å². The topological polar surface area (TPSA) is 32.3 Å². The summed E-state index contributed by atoms with van der Waals surface area (Å²) in [5.74, 6) is -1.22. The van der Waals surface area contributed by atoms with Crippen LogP contribution in [-0.4, -0.2) is 37.0 Å². The number of carbonyl (C=O) groups excluding carboxylic acids is 1. The molecule has 1 amide bonds. The maximum atomic E-state index is 14.4. The molecule has 0 bridgehead atoms. The lowest BCUT2D eigenvalue weighted by atomic mass is 10.0. The Morgan fingerprint density at radius 3 is 2.43 bits per heavy atom. The van der Waals surface area contributed by atoms with Crippen LogP contribution >= 0.6 is 0 Å². The molecule has 1 heterocycles. The number of likely N-dealkylation sites (N-methyl/N-ethyl adjacent to an activating group) is 1. The molecule has 1 saturated heterocycles. The highest BCUT2D eigenvalue weighted by Gasteiger charge is 2.25. The van der Waals surface area contributed by atoms with Gasteiger partial charge in [0.15, 0.2) is 0 Å². The van der Waals surface area contributed by atoms with Gasteiger partial charge in [-0.15, -0.1) is 0 Å². The first kappa shape index (κ1) is 15.6. The molecule has 3 nitrogen and oxygen atoms in total. The van der Waals surface area contributed by atoms with Crippen LogP contribution in [0.15, 0.2) is 42.5 Å². The van der Waals surface area contributed by atoms with E-state index in [9.17, 15) is 13.6 Å². The average Bonchev–Trinajstić information content (AvgIpc) is 3.08. The fourth-order valence-corrected chi connectivity index (χ4v) is 2.84. The van der Waals surface area contributed by atoms with E-state index in [0.717, 1.165) is 19.5 Å². The van der Waals surface area contributed by atoms with Gasteiger partial charge in [0.25, 0.3) is 5.91 Å². The zero-order chi connectivity index (χ0) is 16.4. The van der Waals surface area contributed by atoms with E-state index in [1.807, 2.05) is 0 Å². The first-order valence-electron chi connectivity index (χ1n) is 7.59. The molecule has 2 aromatic carbocycles. The highest BCUT2D eigenvalue weighted by molar-refractivity contribution is 5.95. The van der Waals surface area contributed by atoms with E-state index in [1.54, 1.807) is 30.1 Å². The van der Waals surface area contributed by atoms with Gasteiger partial charge in [-0.05, 0) is 48.4 Å². The normalized spacial score (nSPS) is 17.3. The predicted molar refractivity (Wildman–Crippen MR) is 85.2 cm³/mol. The minimum atomic E-state index is -0.561. The Balaban J connectivity index is 1.84. The fourth-order valence-electron chi connectivity index (χ4n) is 2.84. The zero-order valence-corrected chi connectivity index (χ0v) is 12.9. The van der Waals surface area contributed by atoms with Gasteiger partial charge >= 0.3 is 0 Å². The summed E-state index contributed by atoms with van der Waals surface area (Å²) in [5, 5.41) is 3.19. The number of benzene rings is 2. The summed E-state index contributed by atoms with van der Waals surface area (Å²) in [4.78, 5) is 14.0. The maximum Gasteiger partial charge on any atom is 0.256 e. The molecule has 1 aliphatic heterocycles. The van der Waals surface area contributed by atoms with Gasteiger partial charge in [0.1, 0.15) is 11.6 Å². The SMILES string of the molecule is CN(C(=O)c1ccc(-c2ccc(F)cc2)cc1F)C1CCNC1. The Morgan fingerprint density at radius 1 is 1.13 bits per heavy atom. The quantitative estimate of drug-likeness (QED) is 0.944. The van der Waals surface area contributed by atoms with Crippen molar-refractivity contribution in [1.82, 2.24) is 10.2 Å². The number of nitrogens with zero attached hydrogens (tertiary/aromatic N) is 1. The second kappa shape index (κ2) is 6.46. The predicted octanol–water partition coefficient (Wildman–Crippen LogP) is 3.07. The third-order valence-electron chi connectivity index (χ3n) is 4.28. The minimum Gasteiger partial charge on any atom is -0.337 e. The van der Waals surface area contributed by atoms with Crippen LogP contribution < -0.4 is 5.32 Å². The molecule has 1 N–H and O–H groups in total. The van der Waals surface area contributed by atoms with Crippen LogP contribution in [-0.2, 0) is 0 Å². The lowest BCUT2D eigenvalue weighted by Gasteiger charge is -2.24. The number of nitrogens with one attached hydrogen (secondary N) is 1. The van der Waals surface area contributed by atoms with Gasteiger partial charge in [0.2, 0.25) is 0 Å². The Hall–Kier alpha value is -2.27. The smallest absolute Gasteiger partial charge is 0.256 e. The number of hydrogen-bond acceptors (Lipinski definition) is 2. The minimum absolute atomic E-state index is 0.0604. The molecule has 120 valence electrons. The Bertz CT molecular complexity index is 709.